The van der Waals surface area contributed by atoms with Gasteiger partial charge in [0.25, 0.3) is 0 Å². The topological polar surface area (TPSA) is 52.6 Å². The predicted molar refractivity (Wildman–Crippen MR) is 68.8 cm³/mol. The smallest absolute Gasteiger partial charge is 0.322 e. The largest absolute Gasteiger partial charge is 0.480 e. The number of nitrogens with zero attached hydrogens (tertiary/aromatic N) is 1. The molecule has 0 aromatic heterocycles. The van der Waals surface area contributed by atoms with Crippen molar-refractivity contribution in [1.82, 2.24) is 10.2 Å². The van der Waals surface area contributed by atoms with Crippen LogP contribution in [0.3, 0.4) is 0 Å². The Morgan fingerprint density at radius 2 is 2.29 bits per heavy atom. The molecule has 1 fully saturated rings. The zero-order valence-corrected chi connectivity index (χ0v) is 11.0. The van der Waals surface area contributed by atoms with Gasteiger partial charge in [0.05, 0.1) is 0 Å². The number of carboxylic acids is 1. The van der Waals surface area contributed by atoms with Crippen molar-refractivity contribution in [1.29, 1.82) is 0 Å². The van der Waals surface area contributed by atoms with Gasteiger partial charge in [0.15, 0.2) is 0 Å². The van der Waals surface area contributed by atoms with Crippen LogP contribution in [0, 0.1) is 0 Å². The van der Waals surface area contributed by atoms with Crippen LogP contribution in [0.15, 0.2) is 28.7 Å². The van der Waals surface area contributed by atoms with E-state index in [0.717, 1.165) is 23.1 Å². The lowest BCUT2D eigenvalue weighted by Crippen LogP contribution is -2.54. The van der Waals surface area contributed by atoms with Gasteiger partial charge in [0.2, 0.25) is 0 Å². The van der Waals surface area contributed by atoms with Crippen LogP contribution in [0.1, 0.15) is 5.56 Å². The minimum atomic E-state index is -0.760. The summed E-state index contributed by atoms with van der Waals surface area (Å²) in [7, 11) is 0. The summed E-state index contributed by atoms with van der Waals surface area (Å²) < 4.78 is 1.03. The van der Waals surface area contributed by atoms with Crippen molar-refractivity contribution in [3.63, 3.8) is 0 Å². The first-order valence-electron chi connectivity index (χ1n) is 5.59. The third-order valence-electron chi connectivity index (χ3n) is 2.97. The molecule has 2 N–H and O–H groups in total. The highest BCUT2D eigenvalue weighted by molar-refractivity contribution is 9.10. The molecule has 1 saturated heterocycles. The lowest BCUT2D eigenvalue weighted by Gasteiger charge is -2.33. The summed E-state index contributed by atoms with van der Waals surface area (Å²) in [5.74, 6) is -0.760. The molecule has 17 heavy (non-hydrogen) atoms. The van der Waals surface area contributed by atoms with Gasteiger partial charge in [-0.3, -0.25) is 9.69 Å². The Bertz CT molecular complexity index is 411. The highest BCUT2D eigenvalue weighted by atomic mass is 79.9. The van der Waals surface area contributed by atoms with Crippen LogP contribution >= 0.6 is 15.9 Å². The van der Waals surface area contributed by atoms with Crippen LogP contribution in [0.2, 0.25) is 0 Å². The molecule has 1 aliphatic heterocycles. The molecule has 1 aromatic carbocycles. The molecule has 1 atom stereocenters. The molecule has 5 heteroatoms. The third kappa shape index (κ3) is 3.06. The minimum Gasteiger partial charge on any atom is -0.480 e. The standard InChI is InChI=1S/C12H15BrN2O2/c13-10-4-2-1-3-9(10)8-15-6-5-14-7-11(15)12(16)17/h1-4,11,14H,5-8H2,(H,16,17). The van der Waals surface area contributed by atoms with Crippen LogP contribution in [-0.4, -0.2) is 41.7 Å². The molecule has 92 valence electrons. The fourth-order valence-electron chi connectivity index (χ4n) is 2.02. The second kappa shape index (κ2) is 5.62. The number of hydrogen-bond donors (Lipinski definition) is 2. The number of halogens is 1. The first-order valence-corrected chi connectivity index (χ1v) is 6.39. The molecule has 0 radical (unpaired) electrons. The van der Waals surface area contributed by atoms with E-state index in [4.69, 9.17) is 5.11 Å². The van der Waals surface area contributed by atoms with Gasteiger partial charge in [-0.05, 0) is 11.6 Å². The van der Waals surface area contributed by atoms with E-state index in [2.05, 4.69) is 21.2 Å². The Morgan fingerprint density at radius 1 is 1.53 bits per heavy atom. The Balaban J connectivity index is 2.11. The van der Waals surface area contributed by atoms with Crippen molar-refractivity contribution in [3.8, 4) is 0 Å². The van der Waals surface area contributed by atoms with Crippen LogP contribution in [-0.2, 0) is 11.3 Å². The second-order valence-corrected chi connectivity index (χ2v) is 4.97. The maximum Gasteiger partial charge on any atom is 0.322 e. The Morgan fingerprint density at radius 3 is 3.00 bits per heavy atom. The number of rotatable bonds is 3. The zero-order valence-electron chi connectivity index (χ0n) is 9.40. The van der Waals surface area contributed by atoms with Gasteiger partial charge >= 0.3 is 5.97 Å². The molecule has 4 nitrogen and oxygen atoms in total. The first kappa shape index (κ1) is 12.5. The summed E-state index contributed by atoms with van der Waals surface area (Å²) in [6, 6.07) is 7.49. The van der Waals surface area contributed by atoms with E-state index in [9.17, 15) is 4.79 Å². The normalized spacial score (nSPS) is 21.4. The van der Waals surface area contributed by atoms with Crippen molar-refractivity contribution in [2.45, 2.75) is 12.6 Å². The number of hydrogen-bond acceptors (Lipinski definition) is 3. The van der Waals surface area contributed by atoms with Crippen LogP contribution < -0.4 is 5.32 Å². The summed E-state index contributed by atoms with van der Waals surface area (Å²) in [6.45, 7) is 2.78. The SMILES string of the molecule is O=C(O)C1CNCCN1Cc1ccccc1Br. The molecule has 0 aliphatic carbocycles. The summed E-state index contributed by atoms with van der Waals surface area (Å²) in [6.07, 6.45) is 0. The molecule has 0 saturated carbocycles. The van der Waals surface area contributed by atoms with E-state index in [-0.39, 0.29) is 0 Å². The summed E-state index contributed by atoms with van der Waals surface area (Å²) >= 11 is 3.49. The maximum atomic E-state index is 11.1. The van der Waals surface area contributed by atoms with Gasteiger partial charge in [0, 0.05) is 30.7 Å². The quantitative estimate of drug-likeness (QED) is 0.883. The third-order valence-corrected chi connectivity index (χ3v) is 3.74. The van der Waals surface area contributed by atoms with Crippen LogP contribution in [0.25, 0.3) is 0 Å². The minimum absolute atomic E-state index is 0.434. The lowest BCUT2D eigenvalue weighted by atomic mass is 10.1. The monoisotopic (exact) mass is 298 g/mol. The Hall–Kier alpha value is -0.910. The summed E-state index contributed by atoms with van der Waals surface area (Å²) in [5.41, 5.74) is 1.13. The van der Waals surface area contributed by atoms with Gasteiger partial charge in [-0.25, -0.2) is 0 Å². The number of aliphatic carboxylic acids is 1. The summed E-state index contributed by atoms with van der Waals surface area (Å²) in [4.78, 5) is 13.1. The van der Waals surface area contributed by atoms with E-state index >= 15 is 0 Å². The number of carboxylic acid groups (broad SMARTS) is 1. The molecular weight excluding hydrogens is 284 g/mol. The lowest BCUT2D eigenvalue weighted by molar-refractivity contribution is -0.144. The number of benzene rings is 1. The van der Waals surface area contributed by atoms with Gasteiger partial charge in [-0.1, -0.05) is 34.1 Å². The molecule has 0 amide bonds. The van der Waals surface area contributed by atoms with Gasteiger partial charge in [0.1, 0.15) is 6.04 Å². The Kier molecular flexibility index (Phi) is 4.15. The van der Waals surface area contributed by atoms with Crippen molar-refractivity contribution in [2.24, 2.45) is 0 Å². The molecule has 1 aromatic rings. The van der Waals surface area contributed by atoms with Crippen LogP contribution in [0.4, 0.5) is 0 Å². The first-order chi connectivity index (χ1) is 8.18. The number of carbonyl (C=O) groups is 1. The van der Waals surface area contributed by atoms with Crippen molar-refractivity contribution in [3.05, 3.63) is 34.3 Å². The van der Waals surface area contributed by atoms with Crippen LogP contribution in [0.5, 0.6) is 0 Å². The second-order valence-electron chi connectivity index (χ2n) is 4.12. The van der Waals surface area contributed by atoms with Gasteiger partial charge in [-0.15, -0.1) is 0 Å². The fraction of sp³-hybridized carbons (Fsp3) is 0.417. The molecular formula is C12H15BrN2O2. The predicted octanol–water partition coefficient (Wildman–Crippen LogP) is 1.31. The molecule has 0 bridgehead atoms. The van der Waals surface area contributed by atoms with E-state index in [1.807, 2.05) is 29.2 Å². The fourth-order valence-corrected chi connectivity index (χ4v) is 2.43. The number of piperazine rings is 1. The molecule has 2 rings (SSSR count). The average Bonchev–Trinajstić information content (AvgIpc) is 2.32. The molecule has 1 heterocycles. The van der Waals surface area contributed by atoms with E-state index < -0.39 is 12.0 Å². The maximum absolute atomic E-state index is 11.1. The highest BCUT2D eigenvalue weighted by Crippen LogP contribution is 2.19. The van der Waals surface area contributed by atoms with Gasteiger partial charge in [-0.2, -0.15) is 0 Å². The van der Waals surface area contributed by atoms with Crippen molar-refractivity contribution in [2.75, 3.05) is 19.6 Å². The molecule has 0 spiro atoms. The van der Waals surface area contributed by atoms with Gasteiger partial charge < -0.3 is 10.4 Å². The van der Waals surface area contributed by atoms with Crippen molar-refractivity contribution >= 4 is 21.9 Å². The Labute approximate surface area is 109 Å². The number of nitrogens with one attached hydrogen (secondary N) is 1. The highest BCUT2D eigenvalue weighted by Gasteiger charge is 2.28. The average molecular weight is 299 g/mol. The molecule has 1 unspecified atom stereocenters. The summed E-state index contributed by atoms with van der Waals surface area (Å²) in [5, 5.41) is 12.3. The molecule has 1 aliphatic rings. The zero-order chi connectivity index (χ0) is 12.3. The van der Waals surface area contributed by atoms with Crippen molar-refractivity contribution < 1.29 is 9.90 Å². The van der Waals surface area contributed by atoms with E-state index in [1.54, 1.807) is 0 Å². The van der Waals surface area contributed by atoms with E-state index in [0.29, 0.717) is 13.1 Å². The van der Waals surface area contributed by atoms with E-state index in [1.165, 1.54) is 0 Å².